The molecule has 3 heteroatoms. The number of rotatable bonds is 2. The van der Waals surface area contributed by atoms with Crippen molar-refractivity contribution in [3.63, 3.8) is 0 Å². The van der Waals surface area contributed by atoms with E-state index in [-0.39, 0.29) is 23.2 Å². The van der Waals surface area contributed by atoms with Gasteiger partial charge < -0.3 is 0 Å². The van der Waals surface area contributed by atoms with E-state index in [9.17, 15) is 8.78 Å². The van der Waals surface area contributed by atoms with Crippen molar-refractivity contribution in [1.82, 2.24) is 5.32 Å². The van der Waals surface area contributed by atoms with Gasteiger partial charge in [0, 0.05) is 6.04 Å². The molecule has 3 rings (SSSR count). The number of nitrogens with one attached hydrogen (secondary N) is 1. The molecule has 1 saturated heterocycles. The lowest BCUT2D eigenvalue weighted by Crippen LogP contribution is -2.16. The lowest BCUT2D eigenvalue weighted by molar-refractivity contribution is 0.623. The molecule has 0 unspecified atom stereocenters. The first-order valence-corrected chi connectivity index (χ1v) is 5.93. The minimum atomic E-state index is -0.304. The van der Waals surface area contributed by atoms with E-state index in [1.165, 1.54) is 24.3 Å². The summed E-state index contributed by atoms with van der Waals surface area (Å²) in [4.78, 5) is 0. The van der Waals surface area contributed by atoms with Crippen molar-refractivity contribution in [3.8, 4) is 0 Å². The fourth-order valence-corrected chi connectivity index (χ4v) is 2.56. The molecule has 2 aromatic rings. The number of halogens is 2. The molecule has 0 bridgehead atoms. The second kappa shape index (κ2) is 3.89. The fraction of sp³-hybridized carbons (Fsp3) is 0.200. The van der Waals surface area contributed by atoms with Crippen molar-refractivity contribution >= 4 is 0 Å². The van der Waals surface area contributed by atoms with Crippen LogP contribution in [0.4, 0.5) is 8.78 Å². The van der Waals surface area contributed by atoms with Gasteiger partial charge in [0.1, 0.15) is 11.6 Å². The standard InChI is InChI=1S/C15H13F2N/c1-10-15(18-10,11-2-6-13(16)7-3-11)12-4-8-14(17)9-5-12/h2-10,18H,1H3/t10-/m1/s1. The highest BCUT2D eigenvalue weighted by Gasteiger charge is 2.53. The van der Waals surface area contributed by atoms with Gasteiger partial charge in [-0.25, -0.2) is 8.78 Å². The quantitative estimate of drug-likeness (QED) is 0.806. The Hall–Kier alpha value is -1.74. The molecule has 92 valence electrons. The summed E-state index contributed by atoms with van der Waals surface area (Å²) in [5, 5.41) is 3.37. The van der Waals surface area contributed by atoms with Crippen LogP contribution in [0, 0.1) is 11.6 Å². The van der Waals surface area contributed by atoms with E-state index in [0.717, 1.165) is 11.1 Å². The monoisotopic (exact) mass is 245 g/mol. The van der Waals surface area contributed by atoms with Gasteiger partial charge in [-0.05, 0) is 42.3 Å². The Morgan fingerprint density at radius 1 is 0.833 bits per heavy atom. The zero-order valence-electron chi connectivity index (χ0n) is 9.95. The molecular formula is C15H13F2N. The first-order chi connectivity index (χ1) is 8.63. The van der Waals surface area contributed by atoms with Gasteiger partial charge in [0.25, 0.3) is 0 Å². The maximum absolute atomic E-state index is 13.0. The van der Waals surface area contributed by atoms with Crippen LogP contribution in [0.15, 0.2) is 48.5 Å². The average molecular weight is 245 g/mol. The van der Waals surface area contributed by atoms with Crippen molar-refractivity contribution in [1.29, 1.82) is 0 Å². The molecular weight excluding hydrogens is 232 g/mol. The lowest BCUT2D eigenvalue weighted by atomic mass is 9.88. The molecule has 0 aromatic heterocycles. The van der Waals surface area contributed by atoms with E-state index in [2.05, 4.69) is 12.2 Å². The third-order valence-corrected chi connectivity index (χ3v) is 3.61. The lowest BCUT2D eigenvalue weighted by Gasteiger charge is -2.16. The summed E-state index contributed by atoms with van der Waals surface area (Å²) in [6, 6.07) is 13.2. The molecule has 1 aliphatic heterocycles. The molecule has 0 saturated carbocycles. The minimum absolute atomic E-state index is 0.249. The van der Waals surface area contributed by atoms with Crippen molar-refractivity contribution in [2.45, 2.75) is 18.5 Å². The molecule has 18 heavy (non-hydrogen) atoms. The van der Waals surface area contributed by atoms with Gasteiger partial charge >= 0.3 is 0 Å². The molecule has 1 aliphatic rings. The van der Waals surface area contributed by atoms with Crippen LogP contribution < -0.4 is 5.32 Å². The highest BCUT2D eigenvalue weighted by Crippen LogP contribution is 2.43. The van der Waals surface area contributed by atoms with Crippen LogP contribution in [0.3, 0.4) is 0 Å². The Labute approximate surface area is 104 Å². The summed E-state index contributed by atoms with van der Waals surface area (Å²) in [5.74, 6) is -0.498. The van der Waals surface area contributed by atoms with Crippen LogP contribution >= 0.6 is 0 Å². The predicted molar refractivity (Wildman–Crippen MR) is 66.2 cm³/mol. The molecule has 0 amide bonds. The summed E-state index contributed by atoms with van der Waals surface area (Å²) >= 11 is 0. The molecule has 1 heterocycles. The van der Waals surface area contributed by atoms with Gasteiger partial charge in [0.2, 0.25) is 0 Å². The first kappa shape index (κ1) is 11.4. The Balaban J connectivity index is 2.06. The highest BCUT2D eigenvalue weighted by molar-refractivity contribution is 5.47. The summed E-state index contributed by atoms with van der Waals surface area (Å²) in [7, 11) is 0. The van der Waals surface area contributed by atoms with Crippen molar-refractivity contribution in [3.05, 3.63) is 71.3 Å². The Kier molecular flexibility index (Phi) is 2.45. The zero-order chi connectivity index (χ0) is 12.8. The first-order valence-electron chi connectivity index (χ1n) is 5.93. The smallest absolute Gasteiger partial charge is 0.123 e. The largest absolute Gasteiger partial charge is 0.297 e. The van der Waals surface area contributed by atoms with Gasteiger partial charge in [-0.1, -0.05) is 24.3 Å². The second-order valence-corrected chi connectivity index (χ2v) is 4.69. The number of benzene rings is 2. The average Bonchev–Trinajstić information content (AvgIpc) is 3.04. The molecule has 1 atom stereocenters. The van der Waals surface area contributed by atoms with Crippen LogP contribution in [0.25, 0.3) is 0 Å². The van der Waals surface area contributed by atoms with E-state index in [4.69, 9.17) is 0 Å². The Morgan fingerprint density at radius 3 is 1.44 bits per heavy atom. The molecule has 0 radical (unpaired) electrons. The Bertz CT molecular complexity index is 515. The minimum Gasteiger partial charge on any atom is -0.297 e. The SMILES string of the molecule is C[C@H]1NC1(c1ccc(F)cc1)c1ccc(F)cc1. The topological polar surface area (TPSA) is 21.9 Å². The van der Waals surface area contributed by atoms with Crippen molar-refractivity contribution < 1.29 is 8.78 Å². The molecule has 1 nitrogen and oxygen atoms in total. The van der Waals surface area contributed by atoms with Crippen LogP contribution in [-0.4, -0.2) is 6.04 Å². The number of hydrogen-bond donors (Lipinski definition) is 1. The predicted octanol–water partition coefficient (Wildman–Crippen LogP) is 3.20. The van der Waals surface area contributed by atoms with Crippen LogP contribution in [-0.2, 0) is 5.54 Å². The highest BCUT2D eigenvalue weighted by atomic mass is 19.1. The summed E-state index contributed by atoms with van der Waals surface area (Å²) in [5.41, 5.74) is 1.70. The fourth-order valence-electron chi connectivity index (χ4n) is 2.56. The van der Waals surface area contributed by atoms with Crippen LogP contribution in [0.5, 0.6) is 0 Å². The van der Waals surface area contributed by atoms with E-state index in [1.54, 1.807) is 24.3 Å². The molecule has 0 spiro atoms. The maximum Gasteiger partial charge on any atom is 0.123 e. The van der Waals surface area contributed by atoms with Gasteiger partial charge in [0.15, 0.2) is 0 Å². The number of hydrogen-bond acceptors (Lipinski definition) is 1. The van der Waals surface area contributed by atoms with E-state index in [1.807, 2.05) is 0 Å². The van der Waals surface area contributed by atoms with Gasteiger partial charge in [-0.15, -0.1) is 0 Å². The van der Waals surface area contributed by atoms with Gasteiger partial charge in [-0.3, -0.25) is 5.32 Å². The van der Waals surface area contributed by atoms with E-state index >= 15 is 0 Å². The third-order valence-electron chi connectivity index (χ3n) is 3.61. The summed E-state index contributed by atoms with van der Waals surface area (Å²) < 4.78 is 26.0. The van der Waals surface area contributed by atoms with Gasteiger partial charge in [0.05, 0.1) is 5.54 Å². The van der Waals surface area contributed by atoms with Gasteiger partial charge in [-0.2, -0.15) is 0 Å². The zero-order valence-corrected chi connectivity index (χ0v) is 9.95. The van der Waals surface area contributed by atoms with E-state index < -0.39 is 0 Å². The summed E-state index contributed by atoms with van der Waals surface area (Å²) in [6.07, 6.45) is 0. The van der Waals surface area contributed by atoms with Crippen LogP contribution in [0.2, 0.25) is 0 Å². The maximum atomic E-state index is 13.0. The van der Waals surface area contributed by atoms with Crippen molar-refractivity contribution in [2.75, 3.05) is 0 Å². The molecule has 1 N–H and O–H groups in total. The third kappa shape index (κ3) is 1.63. The normalized spacial score (nSPS) is 20.7. The molecule has 1 fully saturated rings. The van der Waals surface area contributed by atoms with Crippen molar-refractivity contribution in [2.24, 2.45) is 0 Å². The van der Waals surface area contributed by atoms with Crippen LogP contribution in [0.1, 0.15) is 18.1 Å². The molecule has 0 aliphatic carbocycles. The second-order valence-electron chi connectivity index (χ2n) is 4.69. The van der Waals surface area contributed by atoms with E-state index in [0.29, 0.717) is 0 Å². The summed E-state index contributed by atoms with van der Waals surface area (Å²) in [6.45, 7) is 2.06. The molecule has 2 aromatic carbocycles. The Morgan fingerprint density at radius 2 is 1.17 bits per heavy atom.